The maximum absolute atomic E-state index is 6.14. The fourth-order valence-electron chi connectivity index (χ4n) is 3.64. The Morgan fingerprint density at radius 1 is 0.593 bits per heavy atom. The summed E-state index contributed by atoms with van der Waals surface area (Å²) >= 11 is 12.3. The Morgan fingerprint density at radius 2 is 1.19 bits per heavy atom. The summed E-state index contributed by atoms with van der Waals surface area (Å²) in [6.07, 6.45) is 1.84. The van der Waals surface area contributed by atoms with Crippen LogP contribution in [0.15, 0.2) is 85.1 Å². The number of hydrogen-bond acceptors (Lipinski definition) is 1. The standard InChI is InChI=1S/C23H14Cl2N2/c24-17-9-5-15(6-10-17)22-19-3-1-2-4-20(19)27-21(13-14-26-27)23(22)16-7-11-18(25)12-8-16/h1-14H. The first-order valence-corrected chi connectivity index (χ1v) is 9.38. The highest BCUT2D eigenvalue weighted by Crippen LogP contribution is 2.41. The minimum absolute atomic E-state index is 0.720. The van der Waals surface area contributed by atoms with Crippen LogP contribution >= 0.6 is 23.2 Å². The van der Waals surface area contributed by atoms with Gasteiger partial charge < -0.3 is 0 Å². The molecule has 0 saturated heterocycles. The highest BCUT2D eigenvalue weighted by molar-refractivity contribution is 6.31. The van der Waals surface area contributed by atoms with Gasteiger partial charge in [0.2, 0.25) is 0 Å². The van der Waals surface area contributed by atoms with E-state index in [-0.39, 0.29) is 0 Å². The lowest BCUT2D eigenvalue weighted by atomic mass is 9.91. The molecule has 0 unspecified atom stereocenters. The van der Waals surface area contributed by atoms with E-state index < -0.39 is 0 Å². The molecule has 0 fully saturated rings. The van der Waals surface area contributed by atoms with Crippen LogP contribution in [-0.4, -0.2) is 9.61 Å². The number of nitrogens with zero attached hydrogens (tertiary/aromatic N) is 2. The van der Waals surface area contributed by atoms with Crippen molar-refractivity contribution in [2.75, 3.05) is 0 Å². The summed E-state index contributed by atoms with van der Waals surface area (Å²) in [5.41, 5.74) is 6.63. The van der Waals surface area contributed by atoms with Crippen LogP contribution < -0.4 is 0 Å². The summed E-state index contributed by atoms with van der Waals surface area (Å²) in [4.78, 5) is 0. The molecule has 0 bridgehead atoms. The molecule has 0 aliphatic heterocycles. The quantitative estimate of drug-likeness (QED) is 0.314. The van der Waals surface area contributed by atoms with Crippen LogP contribution in [0.2, 0.25) is 10.0 Å². The van der Waals surface area contributed by atoms with Gasteiger partial charge in [0.05, 0.1) is 17.2 Å². The molecular weight excluding hydrogens is 375 g/mol. The Hall–Kier alpha value is -2.81. The van der Waals surface area contributed by atoms with Gasteiger partial charge in [-0.1, -0.05) is 65.7 Å². The van der Waals surface area contributed by atoms with Crippen molar-refractivity contribution in [1.29, 1.82) is 0 Å². The van der Waals surface area contributed by atoms with Crippen LogP contribution in [0.3, 0.4) is 0 Å². The van der Waals surface area contributed by atoms with Gasteiger partial charge in [0.1, 0.15) is 0 Å². The van der Waals surface area contributed by atoms with E-state index in [0.717, 1.165) is 48.7 Å². The average molecular weight is 389 g/mol. The van der Waals surface area contributed by atoms with E-state index in [2.05, 4.69) is 53.6 Å². The third kappa shape index (κ3) is 2.69. The van der Waals surface area contributed by atoms with Gasteiger partial charge >= 0.3 is 0 Å². The Morgan fingerprint density at radius 3 is 1.85 bits per heavy atom. The number of rotatable bonds is 2. The zero-order valence-corrected chi connectivity index (χ0v) is 15.7. The number of aromatic nitrogens is 2. The van der Waals surface area contributed by atoms with E-state index in [1.807, 2.05) is 41.0 Å². The van der Waals surface area contributed by atoms with Gasteiger partial charge in [-0.05, 0) is 47.5 Å². The first kappa shape index (κ1) is 16.4. The summed E-state index contributed by atoms with van der Waals surface area (Å²) in [6.45, 7) is 0. The predicted octanol–water partition coefficient (Wildman–Crippen LogP) is 7.13. The highest BCUT2D eigenvalue weighted by atomic mass is 35.5. The van der Waals surface area contributed by atoms with Crippen molar-refractivity contribution in [1.82, 2.24) is 9.61 Å². The van der Waals surface area contributed by atoms with E-state index in [1.54, 1.807) is 0 Å². The maximum atomic E-state index is 6.14. The SMILES string of the molecule is Clc1ccc(-c2c(-c3ccc(Cl)cc3)c3ccnn3c3ccccc23)cc1. The summed E-state index contributed by atoms with van der Waals surface area (Å²) in [7, 11) is 0. The molecule has 3 aromatic carbocycles. The fourth-order valence-corrected chi connectivity index (χ4v) is 3.89. The molecule has 2 heterocycles. The van der Waals surface area contributed by atoms with Crippen LogP contribution in [0.5, 0.6) is 0 Å². The molecule has 5 aromatic rings. The molecule has 27 heavy (non-hydrogen) atoms. The Kier molecular flexibility index (Phi) is 3.89. The topological polar surface area (TPSA) is 17.3 Å². The zero-order chi connectivity index (χ0) is 18.4. The molecule has 0 aliphatic carbocycles. The van der Waals surface area contributed by atoms with E-state index in [1.165, 1.54) is 0 Å². The first-order valence-electron chi connectivity index (χ1n) is 8.63. The monoisotopic (exact) mass is 388 g/mol. The number of para-hydroxylation sites is 1. The molecule has 0 saturated carbocycles. The highest BCUT2D eigenvalue weighted by Gasteiger charge is 2.18. The molecule has 5 rings (SSSR count). The van der Waals surface area contributed by atoms with Crippen LogP contribution in [0, 0.1) is 0 Å². The summed E-state index contributed by atoms with van der Waals surface area (Å²) in [5, 5.41) is 7.15. The molecule has 0 N–H and O–H groups in total. The van der Waals surface area contributed by atoms with Crippen LogP contribution in [0.1, 0.15) is 0 Å². The second kappa shape index (κ2) is 6.41. The zero-order valence-electron chi connectivity index (χ0n) is 14.2. The van der Waals surface area contributed by atoms with Gasteiger partial charge in [-0.3, -0.25) is 0 Å². The fraction of sp³-hybridized carbons (Fsp3) is 0. The van der Waals surface area contributed by atoms with Gasteiger partial charge in [0.25, 0.3) is 0 Å². The number of benzene rings is 3. The molecule has 0 spiro atoms. The normalized spacial score (nSPS) is 11.3. The Labute approximate surface area is 166 Å². The summed E-state index contributed by atoms with van der Waals surface area (Å²) < 4.78 is 2.00. The lowest BCUT2D eigenvalue weighted by molar-refractivity contribution is 1.01. The largest absolute Gasteiger partial charge is 0.232 e. The molecule has 0 aliphatic rings. The maximum Gasteiger partial charge on any atom is 0.0753 e. The van der Waals surface area contributed by atoms with Crippen molar-refractivity contribution in [3.8, 4) is 22.3 Å². The Bertz CT molecular complexity index is 1270. The van der Waals surface area contributed by atoms with Crippen molar-refractivity contribution in [2.45, 2.75) is 0 Å². The summed E-state index contributed by atoms with van der Waals surface area (Å²) in [5.74, 6) is 0. The minimum atomic E-state index is 0.720. The molecule has 2 nitrogen and oxygen atoms in total. The number of fused-ring (bicyclic) bond motifs is 3. The number of pyridine rings is 1. The third-order valence-electron chi connectivity index (χ3n) is 4.82. The predicted molar refractivity (Wildman–Crippen MR) is 114 cm³/mol. The molecular formula is C23H14Cl2N2. The summed E-state index contributed by atoms with van der Waals surface area (Å²) in [6, 6.07) is 26.3. The minimum Gasteiger partial charge on any atom is -0.232 e. The second-order valence-corrected chi connectivity index (χ2v) is 7.28. The van der Waals surface area contributed by atoms with Gasteiger partial charge in [0, 0.05) is 26.6 Å². The van der Waals surface area contributed by atoms with E-state index in [4.69, 9.17) is 23.2 Å². The van der Waals surface area contributed by atoms with E-state index in [0.29, 0.717) is 0 Å². The average Bonchev–Trinajstić information content (AvgIpc) is 3.18. The van der Waals surface area contributed by atoms with Crippen LogP contribution in [0.25, 0.3) is 38.7 Å². The van der Waals surface area contributed by atoms with Gasteiger partial charge in [-0.15, -0.1) is 0 Å². The van der Waals surface area contributed by atoms with Gasteiger partial charge in [-0.25, -0.2) is 4.52 Å². The lowest BCUT2D eigenvalue weighted by Crippen LogP contribution is -1.97. The number of halogens is 2. The van der Waals surface area contributed by atoms with Crippen molar-refractivity contribution >= 4 is 39.6 Å². The third-order valence-corrected chi connectivity index (χ3v) is 5.32. The van der Waals surface area contributed by atoms with Crippen molar-refractivity contribution in [3.63, 3.8) is 0 Å². The second-order valence-electron chi connectivity index (χ2n) is 6.41. The van der Waals surface area contributed by atoms with Gasteiger partial charge in [0.15, 0.2) is 0 Å². The van der Waals surface area contributed by atoms with E-state index in [9.17, 15) is 0 Å². The molecule has 130 valence electrons. The smallest absolute Gasteiger partial charge is 0.0753 e. The Balaban J connectivity index is 1.98. The van der Waals surface area contributed by atoms with Crippen molar-refractivity contribution in [3.05, 3.63) is 95.1 Å². The molecule has 0 atom stereocenters. The van der Waals surface area contributed by atoms with E-state index >= 15 is 0 Å². The molecule has 0 radical (unpaired) electrons. The van der Waals surface area contributed by atoms with Crippen LogP contribution in [0.4, 0.5) is 0 Å². The first-order chi connectivity index (χ1) is 13.2. The van der Waals surface area contributed by atoms with Crippen molar-refractivity contribution in [2.24, 2.45) is 0 Å². The molecule has 0 amide bonds. The molecule has 4 heteroatoms. The lowest BCUT2D eigenvalue weighted by Gasteiger charge is -2.17. The van der Waals surface area contributed by atoms with Crippen molar-refractivity contribution < 1.29 is 0 Å². The molecule has 2 aromatic heterocycles. The number of hydrogen-bond donors (Lipinski definition) is 0. The van der Waals surface area contributed by atoms with Gasteiger partial charge in [-0.2, -0.15) is 5.10 Å². The van der Waals surface area contributed by atoms with Crippen LogP contribution in [-0.2, 0) is 0 Å².